The van der Waals surface area contributed by atoms with Crippen LogP contribution in [0.4, 0.5) is 0 Å². The Morgan fingerprint density at radius 2 is 2.00 bits per heavy atom. The van der Waals surface area contributed by atoms with Crippen molar-refractivity contribution in [3.63, 3.8) is 0 Å². The second kappa shape index (κ2) is 8.89. The predicted octanol–water partition coefficient (Wildman–Crippen LogP) is 4.52. The molecule has 1 unspecified atom stereocenters. The topological polar surface area (TPSA) is 76.1 Å². The Balaban J connectivity index is 1.67. The number of aromatic amines is 1. The van der Waals surface area contributed by atoms with Crippen LogP contribution in [-0.4, -0.2) is 28.7 Å². The number of carbonyl (C=O) groups is 1. The predicted molar refractivity (Wildman–Crippen MR) is 123 cm³/mol. The molecule has 0 saturated carbocycles. The van der Waals surface area contributed by atoms with Crippen LogP contribution in [0.5, 0.6) is 0 Å². The van der Waals surface area contributed by atoms with E-state index in [9.17, 15) is 9.59 Å². The summed E-state index contributed by atoms with van der Waals surface area (Å²) in [6.07, 6.45) is 2.03. The molecular formula is C24H28ClN3O3. The molecule has 1 aliphatic heterocycles. The van der Waals surface area contributed by atoms with Crippen LogP contribution in [0.25, 0.3) is 10.9 Å². The molecule has 0 spiro atoms. The maximum Gasteiger partial charge on any atom is 0.254 e. The van der Waals surface area contributed by atoms with E-state index < -0.39 is 0 Å². The minimum absolute atomic E-state index is 0.0712. The number of pyridine rings is 1. The summed E-state index contributed by atoms with van der Waals surface area (Å²) in [7, 11) is 0. The number of rotatable bonds is 5. The Bertz CT molecular complexity index is 1170. The number of benzene rings is 1. The highest BCUT2D eigenvalue weighted by Crippen LogP contribution is 2.35. The Labute approximate surface area is 186 Å². The summed E-state index contributed by atoms with van der Waals surface area (Å²) in [5, 5.41) is 4.08. The van der Waals surface area contributed by atoms with Gasteiger partial charge in [0.2, 0.25) is 0 Å². The van der Waals surface area contributed by atoms with Gasteiger partial charge in [-0.15, -0.1) is 0 Å². The third-order valence-electron chi connectivity index (χ3n) is 6.38. The highest BCUT2D eigenvalue weighted by Gasteiger charge is 2.27. The summed E-state index contributed by atoms with van der Waals surface area (Å²) in [4.78, 5) is 28.5. The summed E-state index contributed by atoms with van der Waals surface area (Å²) in [6.45, 7) is 7.63. The molecule has 0 bridgehead atoms. The molecule has 2 aromatic heterocycles. The Morgan fingerprint density at radius 3 is 2.71 bits per heavy atom. The molecule has 1 atom stereocenters. The zero-order chi connectivity index (χ0) is 22.1. The molecule has 1 fully saturated rings. The number of halogens is 1. The van der Waals surface area contributed by atoms with Crippen LogP contribution < -0.4 is 10.7 Å². The number of nitrogens with one attached hydrogen (secondary N) is 2. The molecule has 0 radical (unpaired) electrons. The van der Waals surface area contributed by atoms with Gasteiger partial charge in [0.15, 0.2) is 5.43 Å². The lowest BCUT2D eigenvalue weighted by atomic mass is 9.92. The third kappa shape index (κ3) is 4.14. The lowest BCUT2D eigenvalue weighted by Crippen LogP contribution is -2.28. The average molecular weight is 442 g/mol. The fourth-order valence-electron chi connectivity index (χ4n) is 4.71. The SMILES string of the molecule is Cc1cc(=O)c(CNC(=O)c2c(C)n(C(C)C3CCOCC3)c3ccccc23)c(Cl)[nH]1. The maximum atomic E-state index is 13.3. The van der Waals surface area contributed by atoms with Gasteiger partial charge in [-0.1, -0.05) is 29.8 Å². The van der Waals surface area contributed by atoms with Crippen molar-refractivity contribution in [1.82, 2.24) is 14.9 Å². The summed E-state index contributed by atoms with van der Waals surface area (Å²) in [6, 6.07) is 9.74. The number of nitrogens with zero attached hydrogens (tertiary/aromatic N) is 1. The monoisotopic (exact) mass is 441 g/mol. The van der Waals surface area contributed by atoms with Crippen molar-refractivity contribution < 1.29 is 9.53 Å². The van der Waals surface area contributed by atoms with Crippen LogP contribution in [0.3, 0.4) is 0 Å². The summed E-state index contributed by atoms with van der Waals surface area (Å²) in [5.74, 6) is 0.298. The number of para-hydroxylation sites is 1. The van der Waals surface area contributed by atoms with Gasteiger partial charge in [0.05, 0.1) is 11.1 Å². The van der Waals surface area contributed by atoms with Gasteiger partial charge in [-0.3, -0.25) is 9.59 Å². The van der Waals surface area contributed by atoms with Crippen LogP contribution in [-0.2, 0) is 11.3 Å². The van der Waals surface area contributed by atoms with E-state index in [4.69, 9.17) is 16.3 Å². The van der Waals surface area contributed by atoms with E-state index in [1.54, 1.807) is 6.92 Å². The lowest BCUT2D eigenvalue weighted by molar-refractivity contribution is 0.0517. The molecule has 2 N–H and O–H groups in total. The van der Waals surface area contributed by atoms with E-state index in [-0.39, 0.29) is 29.1 Å². The van der Waals surface area contributed by atoms with Crippen LogP contribution >= 0.6 is 11.6 Å². The number of carbonyl (C=O) groups excluding carboxylic acids is 1. The first-order valence-electron chi connectivity index (χ1n) is 10.7. The number of aryl methyl sites for hydroxylation is 1. The fourth-order valence-corrected chi connectivity index (χ4v) is 5.02. The molecule has 4 rings (SSSR count). The minimum atomic E-state index is -0.206. The fraction of sp³-hybridized carbons (Fsp3) is 0.417. The van der Waals surface area contributed by atoms with E-state index >= 15 is 0 Å². The molecule has 1 aromatic carbocycles. The standard InChI is InChI=1S/C24H28ClN3O3/c1-14-12-21(29)19(23(25)27-14)13-26-24(30)22-16(3)28(20-7-5-4-6-18(20)22)15(2)17-8-10-31-11-9-17/h4-7,12,15,17H,8-11,13H2,1-3H3,(H,26,30)(H,27,29). The molecule has 6 nitrogen and oxygen atoms in total. The highest BCUT2D eigenvalue weighted by atomic mass is 35.5. The van der Waals surface area contributed by atoms with Gasteiger partial charge in [0.25, 0.3) is 5.91 Å². The molecule has 31 heavy (non-hydrogen) atoms. The minimum Gasteiger partial charge on any atom is -0.381 e. The molecule has 3 heterocycles. The van der Waals surface area contributed by atoms with Crippen LogP contribution in [0.2, 0.25) is 5.15 Å². The molecule has 164 valence electrons. The largest absolute Gasteiger partial charge is 0.381 e. The number of fused-ring (bicyclic) bond motifs is 1. The number of ether oxygens (including phenoxy) is 1. The van der Waals surface area contributed by atoms with E-state index in [0.29, 0.717) is 22.7 Å². The number of hydrogen-bond donors (Lipinski definition) is 2. The second-order valence-electron chi connectivity index (χ2n) is 8.33. The van der Waals surface area contributed by atoms with Crippen LogP contribution in [0.15, 0.2) is 35.1 Å². The van der Waals surface area contributed by atoms with Crippen molar-refractivity contribution in [1.29, 1.82) is 0 Å². The van der Waals surface area contributed by atoms with Crippen molar-refractivity contribution >= 4 is 28.4 Å². The van der Waals surface area contributed by atoms with Crippen LogP contribution in [0, 0.1) is 19.8 Å². The van der Waals surface area contributed by atoms with Crippen molar-refractivity contribution in [2.24, 2.45) is 5.92 Å². The van der Waals surface area contributed by atoms with Gasteiger partial charge in [-0.2, -0.15) is 0 Å². The highest BCUT2D eigenvalue weighted by molar-refractivity contribution is 6.30. The van der Waals surface area contributed by atoms with Gasteiger partial charge >= 0.3 is 0 Å². The van der Waals surface area contributed by atoms with E-state index in [0.717, 1.165) is 42.7 Å². The molecule has 3 aromatic rings. The quantitative estimate of drug-likeness (QED) is 0.571. The van der Waals surface area contributed by atoms with Gasteiger partial charge in [0, 0.05) is 54.2 Å². The Hall–Kier alpha value is -2.57. The zero-order valence-electron chi connectivity index (χ0n) is 18.1. The first-order valence-corrected chi connectivity index (χ1v) is 11.1. The number of amides is 1. The van der Waals surface area contributed by atoms with Crippen molar-refractivity contribution in [3.8, 4) is 0 Å². The smallest absolute Gasteiger partial charge is 0.254 e. The number of hydrogen-bond acceptors (Lipinski definition) is 3. The molecule has 1 aliphatic rings. The lowest BCUT2D eigenvalue weighted by Gasteiger charge is -2.30. The molecule has 7 heteroatoms. The van der Waals surface area contributed by atoms with Gasteiger partial charge in [-0.25, -0.2) is 0 Å². The Morgan fingerprint density at radius 1 is 1.29 bits per heavy atom. The average Bonchev–Trinajstić information content (AvgIpc) is 3.04. The van der Waals surface area contributed by atoms with Crippen molar-refractivity contribution in [2.45, 2.75) is 46.2 Å². The maximum absolute atomic E-state index is 13.3. The van der Waals surface area contributed by atoms with Crippen molar-refractivity contribution in [2.75, 3.05) is 13.2 Å². The second-order valence-corrected chi connectivity index (χ2v) is 8.71. The third-order valence-corrected chi connectivity index (χ3v) is 6.70. The number of aromatic nitrogens is 2. The van der Waals surface area contributed by atoms with Gasteiger partial charge < -0.3 is 19.6 Å². The molecular weight excluding hydrogens is 414 g/mol. The summed E-state index contributed by atoms with van der Waals surface area (Å²) >= 11 is 6.20. The van der Waals surface area contributed by atoms with E-state index in [1.807, 2.05) is 25.1 Å². The summed E-state index contributed by atoms with van der Waals surface area (Å²) in [5.41, 5.74) is 3.49. The summed E-state index contributed by atoms with van der Waals surface area (Å²) < 4.78 is 7.82. The van der Waals surface area contributed by atoms with Gasteiger partial charge in [-0.05, 0) is 45.6 Å². The zero-order valence-corrected chi connectivity index (χ0v) is 18.9. The first kappa shape index (κ1) is 21.7. The molecule has 0 aliphatic carbocycles. The van der Waals surface area contributed by atoms with E-state index in [1.165, 1.54) is 6.07 Å². The van der Waals surface area contributed by atoms with Gasteiger partial charge in [0.1, 0.15) is 5.15 Å². The Kier molecular flexibility index (Phi) is 6.21. The number of H-pyrrole nitrogens is 1. The van der Waals surface area contributed by atoms with Crippen molar-refractivity contribution in [3.05, 3.63) is 68.2 Å². The van der Waals surface area contributed by atoms with E-state index in [2.05, 4.69) is 27.9 Å². The molecule has 1 amide bonds. The van der Waals surface area contributed by atoms with Crippen LogP contribution in [0.1, 0.15) is 53.1 Å². The molecule has 1 saturated heterocycles. The first-order chi connectivity index (χ1) is 14.9. The normalized spacial score (nSPS) is 15.9.